The molecule has 5 nitrogen and oxygen atoms in total. The number of hydrogen-bond donors (Lipinski definition) is 0. The Bertz CT molecular complexity index is 357. The van der Waals surface area contributed by atoms with Gasteiger partial charge in [0, 0.05) is 0 Å². The number of Topliss-reactive ketones (excluding diaryl/α,β-unsaturated/α-hetero) is 1. The molecule has 1 saturated carbocycles. The number of hydrogen-bond acceptors (Lipinski definition) is 5. The number of oxime groups is 1. The molecule has 2 atom stereocenters. The Morgan fingerprint density at radius 1 is 1.37 bits per heavy atom. The largest absolute Gasteiger partial charge is 0.461 e. The number of esters is 1. The summed E-state index contributed by atoms with van der Waals surface area (Å²) in [6.07, 6.45) is 4.07. The minimum absolute atomic E-state index is 0.0173. The van der Waals surface area contributed by atoms with E-state index in [9.17, 15) is 9.59 Å². The van der Waals surface area contributed by atoms with Crippen LogP contribution in [-0.2, 0) is 19.2 Å². The van der Waals surface area contributed by atoms with Crippen molar-refractivity contribution in [2.45, 2.75) is 45.6 Å². The Morgan fingerprint density at radius 3 is 2.68 bits per heavy atom. The summed E-state index contributed by atoms with van der Waals surface area (Å²) < 4.78 is 4.80. The maximum Gasteiger partial charge on any atom is 0.364 e. The molecule has 0 N–H and O–H groups in total. The van der Waals surface area contributed by atoms with E-state index in [1.807, 2.05) is 0 Å². The minimum atomic E-state index is -0.726. The van der Waals surface area contributed by atoms with E-state index in [1.54, 1.807) is 6.92 Å². The van der Waals surface area contributed by atoms with E-state index in [4.69, 9.17) is 9.57 Å². The van der Waals surface area contributed by atoms with Crippen molar-refractivity contribution >= 4 is 33.4 Å². The number of ether oxygens (including phenoxy) is 1. The Kier molecular flexibility index (Phi) is 7.05. The number of rotatable bonds is 6. The van der Waals surface area contributed by atoms with Gasteiger partial charge in [-0.3, -0.25) is 4.79 Å². The lowest BCUT2D eigenvalue weighted by atomic mass is 9.89. The molecule has 0 heterocycles. The summed E-state index contributed by atoms with van der Waals surface area (Å²) in [5.41, 5.74) is -0.267. The highest BCUT2D eigenvalue weighted by Gasteiger charge is 2.24. The van der Waals surface area contributed by atoms with Crippen molar-refractivity contribution in [3.05, 3.63) is 0 Å². The first-order chi connectivity index (χ1) is 9.08. The van der Waals surface area contributed by atoms with Crippen molar-refractivity contribution < 1.29 is 19.2 Å². The van der Waals surface area contributed by atoms with Crippen molar-refractivity contribution in [1.29, 1.82) is 0 Å². The van der Waals surface area contributed by atoms with E-state index in [1.165, 1.54) is 6.42 Å². The number of ketones is 1. The minimum Gasteiger partial charge on any atom is -0.461 e. The van der Waals surface area contributed by atoms with Crippen LogP contribution in [0.3, 0.4) is 0 Å². The van der Waals surface area contributed by atoms with Gasteiger partial charge in [0.25, 0.3) is 0 Å². The summed E-state index contributed by atoms with van der Waals surface area (Å²) in [4.78, 5) is 28.6. The molecule has 108 valence electrons. The zero-order valence-electron chi connectivity index (χ0n) is 11.4. The van der Waals surface area contributed by atoms with E-state index < -0.39 is 11.8 Å². The number of nitrogens with zero attached hydrogens (tertiary/aromatic N) is 1. The molecule has 0 radical (unpaired) electrons. The van der Waals surface area contributed by atoms with Crippen LogP contribution in [0.15, 0.2) is 5.16 Å². The van der Waals surface area contributed by atoms with Gasteiger partial charge in [0.1, 0.15) is 6.10 Å². The molecule has 0 aromatic carbocycles. The van der Waals surface area contributed by atoms with Crippen molar-refractivity contribution in [3.63, 3.8) is 0 Å². The summed E-state index contributed by atoms with van der Waals surface area (Å²) in [5.74, 6) is -0.565. The first-order valence-electron chi connectivity index (χ1n) is 6.58. The zero-order chi connectivity index (χ0) is 14.3. The first-order valence-corrected chi connectivity index (χ1v) is 7.70. The first kappa shape index (κ1) is 16.1. The third kappa shape index (κ3) is 5.30. The maximum atomic E-state index is 11.6. The van der Waals surface area contributed by atoms with Gasteiger partial charge in [-0.15, -0.1) is 0 Å². The van der Waals surface area contributed by atoms with Crippen molar-refractivity contribution in [1.82, 2.24) is 0 Å². The third-order valence-electron chi connectivity index (χ3n) is 3.04. The fourth-order valence-electron chi connectivity index (χ4n) is 2.07. The van der Waals surface area contributed by atoms with Gasteiger partial charge < -0.3 is 9.57 Å². The lowest BCUT2D eigenvalue weighted by molar-refractivity contribution is -0.136. The number of carbonyl (C=O) groups excluding carboxylic acids is 2. The Labute approximate surface area is 121 Å². The summed E-state index contributed by atoms with van der Waals surface area (Å²) in [7, 11) is 0. The average molecular weight is 334 g/mol. The predicted molar refractivity (Wildman–Crippen MR) is 75.4 cm³/mol. The molecule has 0 unspecified atom stereocenters. The highest BCUT2D eigenvalue weighted by atomic mass is 79.9. The fourth-order valence-corrected chi connectivity index (χ4v) is 2.33. The zero-order valence-corrected chi connectivity index (χ0v) is 12.9. The number of halogens is 1. The van der Waals surface area contributed by atoms with Gasteiger partial charge in [-0.2, -0.15) is 0 Å². The molecule has 0 saturated heterocycles. The number of alkyl halides is 1. The molecule has 1 aliphatic carbocycles. The van der Waals surface area contributed by atoms with Gasteiger partial charge in [0.2, 0.25) is 11.5 Å². The molecule has 0 amide bonds. The smallest absolute Gasteiger partial charge is 0.364 e. The molecule has 0 spiro atoms. The fraction of sp³-hybridized carbons (Fsp3) is 0.769. The molecular weight excluding hydrogens is 314 g/mol. The number of carbonyl (C=O) groups is 2. The van der Waals surface area contributed by atoms with Crippen LogP contribution in [0.2, 0.25) is 0 Å². The van der Waals surface area contributed by atoms with Gasteiger partial charge in [-0.05, 0) is 32.1 Å². The normalized spacial score (nSPS) is 23.8. The third-order valence-corrected chi connectivity index (χ3v) is 3.54. The molecule has 0 aromatic rings. The van der Waals surface area contributed by atoms with E-state index in [2.05, 4.69) is 28.0 Å². The quantitative estimate of drug-likeness (QED) is 0.246. The van der Waals surface area contributed by atoms with Crippen LogP contribution in [0.1, 0.15) is 39.5 Å². The topological polar surface area (TPSA) is 65.0 Å². The standard InChI is InChI=1S/C13H20BrNO4/c1-3-18-13(17)12(11(16)8-14)15-19-10-6-4-5-9(2)7-10/h9-10H,3-8H2,1-2H3/b15-12+/t9-,10+/m1/s1. The summed E-state index contributed by atoms with van der Waals surface area (Å²) in [6.45, 7) is 4.04. The Hall–Kier alpha value is -0.910. The van der Waals surface area contributed by atoms with E-state index in [0.717, 1.165) is 19.3 Å². The molecule has 0 bridgehead atoms. The van der Waals surface area contributed by atoms with Crippen LogP contribution in [0.25, 0.3) is 0 Å². The maximum absolute atomic E-state index is 11.6. The summed E-state index contributed by atoms with van der Waals surface area (Å²) in [5, 5.41) is 3.76. The van der Waals surface area contributed by atoms with Crippen molar-refractivity contribution in [2.75, 3.05) is 11.9 Å². The second kappa shape index (κ2) is 8.30. The predicted octanol–water partition coefficient (Wildman–Crippen LogP) is 2.46. The SMILES string of the molecule is CCOC(=O)/C(=N/O[C@H]1CCC[C@@H](C)C1)C(=O)CBr. The Balaban J connectivity index is 2.65. The van der Waals surface area contributed by atoms with Crippen molar-refractivity contribution in [3.8, 4) is 0 Å². The molecule has 1 rings (SSSR count). The molecule has 6 heteroatoms. The van der Waals surface area contributed by atoms with E-state index in [-0.39, 0.29) is 23.8 Å². The lowest BCUT2D eigenvalue weighted by Gasteiger charge is -2.24. The van der Waals surface area contributed by atoms with Crippen LogP contribution in [0, 0.1) is 5.92 Å². The molecule has 19 heavy (non-hydrogen) atoms. The Morgan fingerprint density at radius 2 is 2.11 bits per heavy atom. The van der Waals surface area contributed by atoms with Crippen LogP contribution >= 0.6 is 15.9 Å². The summed E-state index contributed by atoms with van der Waals surface area (Å²) in [6, 6.07) is 0. The van der Waals surface area contributed by atoms with Gasteiger partial charge in [-0.25, -0.2) is 4.79 Å². The van der Waals surface area contributed by atoms with Crippen LogP contribution in [0.4, 0.5) is 0 Å². The van der Waals surface area contributed by atoms with Crippen LogP contribution in [-0.4, -0.2) is 35.5 Å². The van der Waals surface area contributed by atoms with Gasteiger partial charge in [-0.1, -0.05) is 34.4 Å². The molecular formula is C13H20BrNO4. The second-order valence-corrected chi connectivity index (χ2v) is 5.28. The van der Waals surface area contributed by atoms with Crippen molar-refractivity contribution in [2.24, 2.45) is 11.1 Å². The van der Waals surface area contributed by atoms with Gasteiger partial charge in [0.15, 0.2) is 0 Å². The average Bonchev–Trinajstić information content (AvgIpc) is 2.39. The van der Waals surface area contributed by atoms with Crippen LogP contribution in [0.5, 0.6) is 0 Å². The molecule has 1 fully saturated rings. The molecule has 0 aromatic heterocycles. The van der Waals surface area contributed by atoms with Crippen LogP contribution < -0.4 is 0 Å². The highest BCUT2D eigenvalue weighted by molar-refractivity contribution is 9.09. The second-order valence-electron chi connectivity index (χ2n) is 4.72. The lowest BCUT2D eigenvalue weighted by Crippen LogP contribution is -2.29. The monoisotopic (exact) mass is 333 g/mol. The van der Waals surface area contributed by atoms with Gasteiger partial charge in [0.05, 0.1) is 11.9 Å². The summed E-state index contributed by atoms with van der Waals surface area (Å²) >= 11 is 3.02. The van der Waals surface area contributed by atoms with Gasteiger partial charge >= 0.3 is 5.97 Å². The molecule has 1 aliphatic rings. The highest BCUT2D eigenvalue weighted by Crippen LogP contribution is 2.25. The van der Waals surface area contributed by atoms with E-state index >= 15 is 0 Å². The molecule has 0 aliphatic heterocycles. The van der Waals surface area contributed by atoms with E-state index in [0.29, 0.717) is 5.92 Å².